The number of carboxylic acid groups (broad SMARTS) is 1. The molecule has 0 unspecified atom stereocenters. The molecule has 0 fully saturated rings. The van der Waals surface area contributed by atoms with Crippen molar-refractivity contribution < 1.29 is 24.2 Å². The number of amides is 1. The molecule has 1 aliphatic carbocycles. The number of aliphatic carboxylic acids is 1. The van der Waals surface area contributed by atoms with Gasteiger partial charge in [0.1, 0.15) is 6.61 Å². The quantitative estimate of drug-likeness (QED) is 0.583. The van der Waals surface area contributed by atoms with Gasteiger partial charge in [0, 0.05) is 0 Å². The second-order valence-electron chi connectivity index (χ2n) is 6.64. The Morgan fingerprint density at radius 1 is 1.21 bits per heavy atom. The van der Waals surface area contributed by atoms with Crippen LogP contribution >= 0.6 is 0 Å². The van der Waals surface area contributed by atoms with E-state index in [4.69, 9.17) is 9.47 Å². The molecular weight excluding hydrogens is 358 g/mol. The minimum absolute atomic E-state index is 0.0667. The van der Waals surface area contributed by atoms with Crippen molar-refractivity contribution >= 4 is 12.1 Å². The van der Waals surface area contributed by atoms with E-state index in [1.807, 2.05) is 24.3 Å². The highest BCUT2D eigenvalue weighted by molar-refractivity contribution is 5.81. The number of carbonyl (C=O) groups is 2. The molecule has 2 aromatic carbocycles. The van der Waals surface area contributed by atoms with Gasteiger partial charge in [0.05, 0.1) is 12.7 Å². The second kappa shape index (κ2) is 8.71. The molecule has 0 aliphatic heterocycles. The van der Waals surface area contributed by atoms with Crippen LogP contribution in [-0.2, 0) is 27.3 Å². The Bertz CT molecular complexity index is 892. The zero-order valence-electron chi connectivity index (χ0n) is 15.7. The number of hydrogen-bond acceptors (Lipinski definition) is 4. The van der Waals surface area contributed by atoms with E-state index in [0.717, 1.165) is 23.1 Å². The fourth-order valence-corrected chi connectivity index (χ4v) is 3.37. The van der Waals surface area contributed by atoms with Gasteiger partial charge in [-0.25, -0.2) is 9.59 Å². The van der Waals surface area contributed by atoms with Crippen molar-refractivity contribution in [3.8, 4) is 11.1 Å². The highest BCUT2D eigenvalue weighted by Gasteiger charge is 2.28. The summed E-state index contributed by atoms with van der Waals surface area (Å²) in [5.74, 6) is -1.19. The molecule has 0 heterocycles. The Balaban J connectivity index is 1.64. The largest absolute Gasteiger partial charge is 0.480 e. The molecule has 0 saturated heterocycles. The molecule has 0 radical (unpaired) electrons. The first kappa shape index (κ1) is 19.6. The monoisotopic (exact) mass is 381 g/mol. The van der Waals surface area contributed by atoms with Gasteiger partial charge in [0.15, 0.2) is 6.04 Å². The number of alkyl carbamates (subject to hydrolysis) is 1. The van der Waals surface area contributed by atoms with E-state index in [1.54, 1.807) is 6.92 Å². The highest BCUT2D eigenvalue weighted by Crippen LogP contribution is 2.38. The molecule has 146 valence electrons. The molecule has 28 heavy (non-hydrogen) atoms. The van der Waals surface area contributed by atoms with Crippen LogP contribution < -0.4 is 5.32 Å². The Labute approximate surface area is 163 Å². The van der Waals surface area contributed by atoms with Crippen molar-refractivity contribution in [2.24, 2.45) is 0 Å². The lowest BCUT2D eigenvalue weighted by Crippen LogP contribution is -2.48. The molecule has 0 bridgehead atoms. The Morgan fingerprint density at radius 2 is 1.96 bits per heavy atom. The summed E-state index contributed by atoms with van der Waals surface area (Å²) < 4.78 is 10.6. The number of ether oxygens (including phenoxy) is 2. The van der Waals surface area contributed by atoms with E-state index in [9.17, 15) is 14.7 Å². The minimum atomic E-state index is -1.21. The van der Waals surface area contributed by atoms with Crippen LogP contribution in [0, 0.1) is 0 Å². The summed E-state index contributed by atoms with van der Waals surface area (Å²) in [5, 5.41) is 11.7. The lowest BCUT2D eigenvalue weighted by atomic mass is 10.0. The van der Waals surface area contributed by atoms with Gasteiger partial charge in [-0.05, 0) is 41.2 Å². The topological polar surface area (TPSA) is 84.9 Å². The van der Waals surface area contributed by atoms with Crippen molar-refractivity contribution in [3.63, 3.8) is 0 Å². The van der Waals surface area contributed by atoms with E-state index < -0.39 is 24.2 Å². The van der Waals surface area contributed by atoms with Gasteiger partial charge in [-0.1, -0.05) is 48.5 Å². The van der Waals surface area contributed by atoms with Crippen LogP contribution in [0.25, 0.3) is 11.1 Å². The molecule has 0 saturated carbocycles. The number of fused-ring (bicyclic) bond motifs is 3. The molecular formula is C22H23NO5. The standard InChI is InChI=1S/C22H23NO5/c1-3-11-27-14(2)20(21(24)25)23-22(26)28-13-16-8-6-10-18-17-9-5-4-7-15(17)12-19(16)18/h3-10,14,20H,1,11-13H2,2H3,(H,23,26)(H,24,25)/t14-,20+/m1/s1. The molecule has 6 heteroatoms. The highest BCUT2D eigenvalue weighted by atomic mass is 16.5. The smallest absolute Gasteiger partial charge is 0.408 e. The zero-order chi connectivity index (χ0) is 20.1. The van der Waals surface area contributed by atoms with Crippen LogP contribution in [0.4, 0.5) is 4.79 Å². The van der Waals surface area contributed by atoms with E-state index in [1.165, 1.54) is 17.2 Å². The molecule has 2 aromatic rings. The van der Waals surface area contributed by atoms with E-state index in [-0.39, 0.29) is 13.2 Å². The average molecular weight is 381 g/mol. The molecule has 2 N–H and O–H groups in total. The van der Waals surface area contributed by atoms with Crippen molar-refractivity contribution in [1.29, 1.82) is 0 Å². The molecule has 6 nitrogen and oxygen atoms in total. The number of carboxylic acids is 1. The molecule has 0 spiro atoms. The maximum atomic E-state index is 12.2. The summed E-state index contributed by atoms with van der Waals surface area (Å²) >= 11 is 0. The molecule has 2 atom stereocenters. The number of hydrogen-bond donors (Lipinski definition) is 2. The lowest BCUT2D eigenvalue weighted by molar-refractivity contribution is -0.143. The fourth-order valence-electron chi connectivity index (χ4n) is 3.37. The van der Waals surface area contributed by atoms with Gasteiger partial charge in [-0.3, -0.25) is 0 Å². The predicted octanol–water partition coefficient (Wildman–Crippen LogP) is 3.53. The van der Waals surface area contributed by atoms with Crippen molar-refractivity contribution in [2.45, 2.75) is 32.1 Å². The van der Waals surface area contributed by atoms with E-state index in [2.05, 4.69) is 30.1 Å². The third kappa shape index (κ3) is 4.23. The second-order valence-corrected chi connectivity index (χ2v) is 6.64. The summed E-state index contributed by atoms with van der Waals surface area (Å²) in [7, 11) is 0. The number of benzene rings is 2. The van der Waals surface area contributed by atoms with Crippen LogP contribution in [0.1, 0.15) is 23.6 Å². The van der Waals surface area contributed by atoms with Crippen LogP contribution in [0.2, 0.25) is 0 Å². The lowest BCUT2D eigenvalue weighted by Gasteiger charge is -2.21. The van der Waals surface area contributed by atoms with Gasteiger partial charge >= 0.3 is 12.1 Å². The summed E-state index contributed by atoms with van der Waals surface area (Å²) in [5.41, 5.74) is 5.63. The third-order valence-corrected chi connectivity index (χ3v) is 4.79. The average Bonchev–Trinajstić information content (AvgIpc) is 3.07. The van der Waals surface area contributed by atoms with Crippen LogP contribution in [0.5, 0.6) is 0 Å². The summed E-state index contributed by atoms with van der Waals surface area (Å²) in [6.07, 6.45) is 0.784. The van der Waals surface area contributed by atoms with Gasteiger partial charge in [-0.15, -0.1) is 6.58 Å². The zero-order valence-corrected chi connectivity index (χ0v) is 15.7. The minimum Gasteiger partial charge on any atom is -0.480 e. The van der Waals surface area contributed by atoms with Crippen molar-refractivity contribution in [2.75, 3.05) is 6.61 Å². The van der Waals surface area contributed by atoms with Gasteiger partial charge < -0.3 is 19.9 Å². The SMILES string of the molecule is C=CCO[C@H](C)[C@H](NC(=O)OCc1cccc2c1Cc1ccccc1-2)C(=O)O. The Kier molecular flexibility index (Phi) is 6.11. The summed E-state index contributed by atoms with van der Waals surface area (Å²) in [4.78, 5) is 23.6. The van der Waals surface area contributed by atoms with E-state index >= 15 is 0 Å². The van der Waals surface area contributed by atoms with Crippen LogP contribution in [0.15, 0.2) is 55.1 Å². The van der Waals surface area contributed by atoms with Crippen molar-refractivity contribution in [3.05, 3.63) is 71.8 Å². The first-order chi connectivity index (χ1) is 13.5. The van der Waals surface area contributed by atoms with Crippen molar-refractivity contribution in [1.82, 2.24) is 5.32 Å². The molecule has 1 amide bonds. The molecule has 0 aromatic heterocycles. The maximum absolute atomic E-state index is 12.2. The van der Waals surface area contributed by atoms with Crippen LogP contribution in [-0.4, -0.2) is 35.9 Å². The van der Waals surface area contributed by atoms with Gasteiger partial charge in [-0.2, -0.15) is 0 Å². The summed E-state index contributed by atoms with van der Waals surface area (Å²) in [6, 6.07) is 12.9. The number of rotatable bonds is 8. The fraction of sp³-hybridized carbons (Fsp3) is 0.273. The number of nitrogens with one attached hydrogen (secondary N) is 1. The predicted molar refractivity (Wildman–Crippen MR) is 105 cm³/mol. The Morgan fingerprint density at radius 3 is 2.71 bits per heavy atom. The Hall–Kier alpha value is -3.12. The van der Waals surface area contributed by atoms with Crippen LogP contribution in [0.3, 0.4) is 0 Å². The van der Waals surface area contributed by atoms with E-state index in [0.29, 0.717) is 0 Å². The third-order valence-electron chi connectivity index (χ3n) is 4.79. The maximum Gasteiger partial charge on any atom is 0.408 e. The van der Waals surface area contributed by atoms with Gasteiger partial charge in [0.25, 0.3) is 0 Å². The van der Waals surface area contributed by atoms with Gasteiger partial charge in [0.2, 0.25) is 0 Å². The normalized spacial score (nSPS) is 13.8. The first-order valence-electron chi connectivity index (χ1n) is 9.09. The summed E-state index contributed by atoms with van der Waals surface area (Å²) in [6.45, 7) is 5.35. The molecule has 1 aliphatic rings. The first-order valence-corrected chi connectivity index (χ1v) is 9.09. The molecule has 3 rings (SSSR count). The number of carbonyl (C=O) groups excluding carboxylic acids is 1.